The fourth-order valence-corrected chi connectivity index (χ4v) is 2.33. The molecule has 0 spiro atoms. The van der Waals surface area contributed by atoms with Crippen LogP contribution in [-0.2, 0) is 4.79 Å². The second kappa shape index (κ2) is 6.43. The maximum Gasteiger partial charge on any atom is 0.329 e. The molecule has 7 heteroatoms. The fourth-order valence-electron chi connectivity index (χ4n) is 1.87. The van der Waals surface area contributed by atoms with Gasteiger partial charge in [-0.2, -0.15) is 0 Å². The number of benzene rings is 1. The van der Waals surface area contributed by atoms with Gasteiger partial charge in [0.2, 0.25) is 0 Å². The van der Waals surface area contributed by atoms with E-state index < -0.39 is 23.4 Å². The molecule has 0 aromatic heterocycles. The van der Waals surface area contributed by atoms with Crippen LogP contribution in [0.3, 0.4) is 0 Å². The Morgan fingerprint density at radius 3 is 2.48 bits per heavy atom. The molecule has 0 aliphatic carbocycles. The van der Waals surface area contributed by atoms with Crippen molar-refractivity contribution in [2.24, 2.45) is 0 Å². The van der Waals surface area contributed by atoms with Crippen LogP contribution in [0, 0.1) is 12.7 Å². The summed E-state index contributed by atoms with van der Waals surface area (Å²) in [5, 5.41) is 11.8. The van der Waals surface area contributed by atoms with Crippen LogP contribution in [-0.4, -0.2) is 34.1 Å². The number of carboxylic acid groups (broad SMARTS) is 1. The Labute approximate surface area is 131 Å². The lowest BCUT2D eigenvalue weighted by Crippen LogP contribution is -2.54. The first-order valence-corrected chi connectivity index (χ1v) is 7.18. The van der Waals surface area contributed by atoms with Gasteiger partial charge in [-0.15, -0.1) is 0 Å². The Morgan fingerprint density at radius 1 is 1.43 bits per heavy atom. The molecule has 1 rings (SSSR count). The second-order valence-corrected chi connectivity index (χ2v) is 5.97. The maximum absolute atomic E-state index is 13.5. The van der Waals surface area contributed by atoms with E-state index in [4.69, 9.17) is 0 Å². The average Bonchev–Trinajstić information content (AvgIpc) is 2.36. The van der Waals surface area contributed by atoms with Crippen molar-refractivity contribution < 1.29 is 19.1 Å². The first-order valence-electron chi connectivity index (χ1n) is 6.39. The first kappa shape index (κ1) is 17.4. The molecule has 5 nitrogen and oxygen atoms in total. The molecule has 0 bridgehead atoms. The van der Waals surface area contributed by atoms with Crippen molar-refractivity contribution in [2.75, 3.05) is 11.9 Å². The number of carbonyl (C=O) groups is 2. The number of hydrogen-bond donors (Lipinski definition) is 2. The van der Waals surface area contributed by atoms with Crippen LogP contribution in [0.1, 0.15) is 26.3 Å². The van der Waals surface area contributed by atoms with Crippen LogP contribution in [0.25, 0.3) is 0 Å². The van der Waals surface area contributed by atoms with Gasteiger partial charge in [-0.25, -0.2) is 14.0 Å². The van der Waals surface area contributed by atoms with Crippen LogP contribution in [0.5, 0.6) is 0 Å². The summed E-state index contributed by atoms with van der Waals surface area (Å²) < 4.78 is 13.9. The minimum absolute atomic E-state index is 0.211. The van der Waals surface area contributed by atoms with E-state index in [1.807, 2.05) is 0 Å². The summed E-state index contributed by atoms with van der Waals surface area (Å²) in [6.45, 7) is 6.49. The SMILES string of the molecule is CCN(C(=O)Nc1cc(F)c(Br)cc1C)C(C)(C)C(=O)O. The Bertz CT molecular complexity index is 576. The molecule has 0 radical (unpaired) electrons. The number of carbonyl (C=O) groups excluding carboxylic acids is 1. The molecule has 0 saturated heterocycles. The average molecular weight is 361 g/mol. The fraction of sp³-hybridized carbons (Fsp3) is 0.429. The number of aliphatic carboxylic acids is 1. The molecule has 0 fully saturated rings. The number of halogens is 2. The van der Waals surface area contributed by atoms with Crippen molar-refractivity contribution in [3.05, 3.63) is 28.0 Å². The number of nitrogens with zero attached hydrogens (tertiary/aromatic N) is 1. The summed E-state index contributed by atoms with van der Waals surface area (Å²) >= 11 is 3.06. The van der Waals surface area contributed by atoms with Gasteiger partial charge in [0.25, 0.3) is 0 Å². The second-order valence-electron chi connectivity index (χ2n) is 5.12. The van der Waals surface area contributed by atoms with Gasteiger partial charge in [0.05, 0.1) is 4.47 Å². The van der Waals surface area contributed by atoms with Crippen molar-refractivity contribution in [1.82, 2.24) is 4.90 Å². The van der Waals surface area contributed by atoms with Gasteiger partial charge in [-0.1, -0.05) is 0 Å². The quantitative estimate of drug-likeness (QED) is 0.861. The molecule has 2 N–H and O–H groups in total. The van der Waals surface area contributed by atoms with Gasteiger partial charge in [0.1, 0.15) is 11.4 Å². The summed E-state index contributed by atoms with van der Waals surface area (Å²) in [6.07, 6.45) is 0. The zero-order chi connectivity index (χ0) is 16.4. The lowest BCUT2D eigenvalue weighted by Gasteiger charge is -2.34. The van der Waals surface area contributed by atoms with E-state index in [2.05, 4.69) is 21.2 Å². The molecule has 0 aliphatic heterocycles. The van der Waals surface area contributed by atoms with Gasteiger partial charge in [0, 0.05) is 12.2 Å². The van der Waals surface area contributed by atoms with E-state index in [9.17, 15) is 19.1 Å². The molecule has 0 heterocycles. The van der Waals surface area contributed by atoms with E-state index in [0.29, 0.717) is 15.7 Å². The van der Waals surface area contributed by atoms with Crippen LogP contribution in [0.15, 0.2) is 16.6 Å². The molecular formula is C14H18BrFN2O3. The number of aryl methyl sites for hydroxylation is 1. The van der Waals surface area contributed by atoms with Crippen molar-refractivity contribution in [1.29, 1.82) is 0 Å². The number of amides is 2. The summed E-state index contributed by atoms with van der Waals surface area (Å²) in [4.78, 5) is 24.7. The molecule has 2 amide bonds. The monoisotopic (exact) mass is 360 g/mol. The highest BCUT2D eigenvalue weighted by Crippen LogP contribution is 2.25. The van der Waals surface area contributed by atoms with Gasteiger partial charge in [-0.05, 0) is 61.3 Å². The topological polar surface area (TPSA) is 69.6 Å². The van der Waals surface area contributed by atoms with Crippen molar-refractivity contribution >= 4 is 33.6 Å². The highest BCUT2D eigenvalue weighted by atomic mass is 79.9. The molecule has 0 unspecified atom stereocenters. The van der Waals surface area contributed by atoms with E-state index in [0.717, 1.165) is 0 Å². The molecule has 116 valence electrons. The first-order chi connectivity index (χ1) is 9.61. The van der Waals surface area contributed by atoms with Crippen LogP contribution < -0.4 is 5.32 Å². The van der Waals surface area contributed by atoms with Gasteiger partial charge in [-0.3, -0.25) is 0 Å². The Morgan fingerprint density at radius 2 is 2.00 bits per heavy atom. The third-order valence-electron chi connectivity index (χ3n) is 3.27. The molecule has 0 atom stereocenters. The number of nitrogens with one attached hydrogen (secondary N) is 1. The van der Waals surface area contributed by atoms with E-state index in [-0.39, 0.29) is 6.54 Å². The zero-order valence-electron chi connectivity index (χ0n) is 12.3. The predicted molar refractivity (Wildman–Crippen MR) is 82.0 cm³/mol. The molecule has 0 aliphatic rings. The van der Waals surface area contributed by atoms with E-state index >= 15 is 0 Å². The molecule has 21 heavy (non-hydrogen) atoms. The Balaban J connectivity index is 3.04. The number of anilines is 1. The van der Waals surface area contributed by atoms with Crippen LogP contribution in [0.2, 0.25) is 0 Å². The largest absolute Gasteiger partial charge is 0.480 e. The summed E-state index contributed by atoms with van der Waals surface area (Å²) in [7, 11) is 0. The smallest absolute Gasteiger partial charge is 0.329 e. The van der Waals surface area contributed by atoms with Gasteiger partial charge in [0.15, 0.2) is 0 Å². The van der Waals surface area contributed by atoms with Crippen molar-refractivity contribution in [2.45, 2.75) is 33.2 Å². The van der Waals surface area contributed by atoms with Crippen LogP contribution >= 0.6 is 15.9 Å². The standard InChI is InChI=1S/C14H18BrFN2O3/c1-5-18(14(3,4)12(19)20)13(21)17-11-7-10(16)9(15)6-8(11)2/h6-7H,5H2,1-4H3,(H,17,21)(H,19,20). The van der Waals surface area contributed by atoms with Crippen molar-refractivity contribution in [3.63, 3.8) is 0 Å². The third kappa shape index (κ3) is 3.72. The molecule has 1 aromatic carbocycles. The third-order valence-corrected chi connectivity index (χ3v) is 3.88. The molecule has 0 saturated carbocycles. The number of likely N-dealkylation sites (N-methyl/N-ethyl adjacent to an activating group) is 1. The lowest BCUT2D eigenvalue weighted by molar-refractivity contribution is -0.147. The zero-order valence-corrected chi connectivity index (χ0v) is 13.9. The highest BCUT2D eigenvalue weighted by molar-refractivity contribution is 9.10. The maximum atomic E-state index is 13.5. The number of hydrogen-bond acceptors (Lipinski definition) is 2. The number of carboxylic acids is 1. The summed E-state index contributed by atoms with van der Waals surface area (Å²) in [5.74, 6) is -1.62. The minimum Gasteiger partial charge on any atom is -0.480 e. The number of urea groups is 1. The van der Waals surface area contributed by atoms with Crippen molar-refractivity contribution in [3.8, 4) is 0 Å². The molecule has 1 aromatic rings. The van der Waals surface area contributed by atoms with E-state index in [1.165, 1.54) is 24.8 Å². The van der Waals surface area contributed by atoms with Crippen LogP contribution in [0.4, 0.5) is 14.9 Å². The Hall–Kier alpha value is -1.63. The van der Waals surface area contributed by atoms with E-state index in [1.54, 1.807) is 19.9 Å². The predicted octanol–water partition coefficient (Wildman–Crippen LogP) is 3.61. The Kier molecular flexibility index (Phi) is 5.33. The normalized spacial score (nSPS) is 11.1. The molecular weight excluding hydrogens is 343 g/mol. The highest BCUT2D eigenvalue weighted by Gasteiger charge is 2.37. The summed E-state index contributed by atoms with van der Waals surface area (Å²) in [6, 6.07) is 2.15. The van der Waals surface area contributed by atoms with Gasteiger partial charge < -0.3 is 15.3 Å². The summed E-state index contributed by atoms with van der Waals surface area (Å²) in [5.41, 5.74) is -0.387. The van der Waals surface area contributed by atoms with Gasteiger partial charge >= 0.3 is 12.0 Å². The lowest BCUT2D eigenvalue weighted by atomic mass is 10.0. The number of rotatable bonds is 4. The minimum atomic E-state index is -1.36.